The third-order valence-corrected chi connectivity index (χ3v) is 13.8. The number of aliphatic hydroxyl groups excluding tert-OH is 1. The van der Waals surface area contributed by atoms with E-state index in [4.69, 9.17) is 39.0 Å². The lowest BCUT2D eigenvalue weighted by molar-refractivity contribution is -0.229. The number of carbonyl (C=O) groups is 2. The van der Waals surface area contributed by atoms with Crippen molar-refractivity contribution in [1.29, 1.82) is 0 Å². The minimum absolute atomic E-state index is 0.0145. The Hall–Kier alpha value is -4.07. The van der Waals surface area contributed by atoms with Crippen molar-refractivity contribution in [2.24, 2.45) is 34.6 Å². The van der Waals surface area contributed by atoms with Crippen LogP contribution in [0.2, 0.25) is 0 Å². The molecule has 2 fully saturated rings. The van der Waals surface area contributed by atoms with Gasteiger partial charge in [0.1, 0.15) is 23.4 Å². The van der Waals surface area contributed by atoms with Crippen LogP contribution in [0.1, 0.15) is 104 Å². The van der Waals surface area contributed by atoms with E-state index >= 15 is 0 Å². The minimum atomic E-state index is -1.91. The number of nitrogens with zero attached hydrogens (tertiary/aromatic N) is 4. The van der Waals surface area contributed by atoms with E-state index in [9.17, 15) is 24.2 Å². The normalized spacial score (nSPS) is 31.8. The van der Waals surface area contributed by atoms with E-state index < -0.39 is 78.2 Å². The molecule has 0 saturated carbocycles. The van der Waals surface area contributed by atoms with Crippen molar-refractivity contribution >= 4 is 17.5 Å². The molecule has 17 heteroatoms. The van der Waals surface area contributed by atoms with Crippen LogP contribution in [0.3, 0.4) is 0 Å². The Morgan fingerprint density at radius 3 is 2.34 bits per heavy atom. The number of pyridine rings is 1. The summed E-state index contributed by atoms with van der Waals surface area (Å²) in [7, 11) is 6.58. The van der Waals surface area contributed by atoms with Crippen LogP contribution in [0.15, 0.2) is 59.6 Å². The zero-order valence-corrected chi connectivity index (χ0v) is 42.4. The molecule has 0 amide bonds. The number of alkyl halides is 1. The average molecular weight is 957 g/mol. The number of benzene rings is 1. The SMILES string of the molecule is CC[C@H]1OC(=O)[C@H](C)C(=O)[C@H](C)C[C@](CO[C@H]2C[C@@H](N(C)CC/C(N)=C/[N-][C@H](CF)[C@H](OC)c3ccc(-c4ccc(C)nc4)cc3)C[C@@H](C)O2)(OC)C[C@@H](C)/C(=N\OCOC)[C@H](C)[C@@H](O)[C@]1(C)O. The van der Waals surface area contributed by atoms with E-state index in [0.29, 0.717) is 30.8 Å². The number of aromatic nitrogens is 1. The Morgan fingerprint density at radius 2 is 1.74 bits per heavy atom. The summed E-state index contributed by atoms with van der Waals surface area (Å²) in [6.45, 7) is 13.7. The van der Waals surface area contributed by atoms with Crippen molar-refractivity contribution in [1.82, 2.24) is 9.88 Å². The highest BCUT2D eigenvalue weighted by Gasteiger charge is 2.48. The van der Waals surface area contributed by atoms with E-state index in [2.05, 4.69) is 20.4 Å². The summed E-state index contributed by atoms with van der Waals surface area (Å²) < 4.78 is 50.3. The van der Waals surface area contributed by atoms with E-state index in [1.54, 1.807) is 35.0 Å². The molecule has 0 bridgehead atoms. The summed E-state index contributed by atoms with van der Waals surface area (Å²) in [5.41, 5.74) is 8.07. The molecule has 2 aromatic rings. The molecule has 4 rings (SSSR count). The van der Waals surface area contributed by atoms with E-state index in [-0.39, 0.29) is 50.6 Å². The van der Waals surface area contributed by atoms with Crippen LogP contribution in [0.5, 0.6) is 0 Å². The molecule has 16 nitrogen and oxygen atoms in total. The van der Waals surface area contributed by atoms with Crippen LogP contribution in [0.4, 0.5) is 4.39 Å². The van der Waals surface area contributed by atoms with Gasteiger partial charge in [0.15, 0.2) is 6.29 Å². The van der Waals surface area contributed by atoms with Crippen LogP contribution in [0.25, 0.3) is 16.4 Å². The van der Waals surface area contributed by atoms with Gasteiger partial charge >= 0.3 is 5.97 Å². The van der Waals surface area contributed by atoms with Crippen LogP contribution in [-0.2, 0) is 42.8 Å². The Morgan fingerprint density at radius 1 is 1.06 bits per heavy atom. The third kappa shape index (κ3) is 15.0. The van der Waals surface area contributed by atoms with E-state index in [1.807, 2.05) is 70.4 Å². The summed E-state index contributed by atoms with van der Waals surface area (Å²) in [6, 6.07) is 11.0. The predicted molar refractivity (Wildman–Crippen MR) is 258 cm³/mol. The smallest absolute Gasteiger partial charge is 0.316 e. The molecule has 4 N–H and O–H groups in total. The fourth-order valence-corrected chi connectivity index (χ4v) is 9.53. The van der Waals surface area contributed by atoms with Crippen LogP contribution < -0.4 is 5.73 Å². The van der Waals surface area contributed by atoms with Crippen molar-refractivity contribution < 1.29 is 57.5 Å². The number of rotatable bonds is 19. The van der Waals surface area contributed by atoms with Crippen LogP contribution >= 0.6 is 0 Å². The van der Waals surface area contributed by atoms with Gasteiger partial charge in [-0.15, -0.1) is 0 Å². The highest BCUT2D eigenvalue weighted by atomic mass is 19.1. The second kappa shape index (κ2) is 26.2. The maximum absolute atomic E-state index is 14.5. The van der Waals surface area contributed by atoms with Crippen molar-refractivity contribution in [2.45, 2.75) is 148 Å². The lowest BCUT2D eigenvalue weighted by atomic mass is 9.74. The molecule has 0 aliphatic carbocycles. The van der Waals surface area contributed by atoms with Crippen molar-refractivity contribution in [2.75, 3.05) is 55.0 Å². The van der Waals surface area contributed by atoms with Crippen LogP contribution in [0, 0.1) is 30.6 Å². The number of ether oxygens (including phenoxy) is 6. The first kappa shape index (κ1) is 56.5. The van der Waals surface area contributed by atoms with Crippen molar-refractivity contribution in [3.63, 3.8) is 0 Å². The molecule has 1 aromatic heterocycles. The number of oxime groups is 1. The number of methoxy groups -OCH3 is 3. The molecule has 2 saturated heterocycles. The highest BCUT2D eigenvalue weighted by Crippen LogP contribution is 2.37. The number of aliphatic hydroxyl groups is 2. The lowest BCUT2D eigenvalue weighted by Crippen LogP contribution is -2.56. The maximum Gasteiger partial charge on any atom is 0.316 e. The first-order chi connectivity index (χ1) is 32.2. The topological polar surface area (TPSA) is 208 Å². The second-order valence-electron chi connectivity index (χ2n) is 19.2. The number of halogens is 1. The fraction of sp³-hybridized carbons (Fsp3) is 0.686. The number of esters is 1. The maximum atomic E-state index is 14.5. The molecule has 68 heavy (non-hydrogen) atoms. The molecule has 1 aromatic carbocycles. The molecule has 382 valence electrons. The first-order valence-corrected chi connectivity index (χ1v) is 23.9. The zero-order valence-electron chi connectivity index (χ0n) is 42.4. The molecule has 13 atom stereocenters. The van der Waals surface area contributed by atoms with Gasteiger partial charge in [0.2, 0.25) is 6.79 Å². The fourth-order valence-electron chi connectivity index (χ4n) is 9.53. The molecule has 2 aliphatic heterocycles. The van der Waals surface area contributed by atoms with Gasteiger partial charge in [-0.25, -0.2) is 0 Å². The monoisotopic (exact) mass is 957 g/mol. The minimum Gasteiger partial charge on any atom is -0.682 e. The molecule has 0 unspecified atom stereocenters. The Bertz CT molecular complexity index is 1940. The molecule has 3 heterocycles. The lowest BCUT2D eigenvalue weighted by Gasteiger charge is -2.43. The van der Waals surface area contributed by atoms with Gasteiger partial charge in [-0.1, -0.05) is 69.2 Å². The summed E-state index contributed by atoms with van der Waals surface area (Å²) in [6.07, 6.45) is 1.76. The van der Waals surface area contributed by atoms with Crippen molar-refractivity contribution in [3.05, 3.63) is 71.1 Å². The highest BCUT2D eigenvalue weighted by molar-refractivity contribution is 5.99. The Labute approximate surface area is 403 Å². The number of hydrogen-bond acceptors (Lipinski definition) is 15. The van der Waals surface area contributed by atoms with Gasteiger partial charge in [-0.05, 0) is 89.7 Å². The molecule has 2 aliphatic rings. The van der Waals surface area contributed by atoms with Gasteiger partial charge in [-0.3, -0.25) is 19.0 Å². The van der Waals surface area contributed by atoms with Crippen molar-refractivity contribution in [3.8, 4) is 11.1 Å². The molecular weight excluding hydrogens is 878 g/mol. The standard InChI is InChI=1S/C51H79FN5O11/c1-13-43-50(8,61)48(59)35(6)45(56-66-30-62-10)31(2)24-51(64-12,25-32(3)46(58)36(7)49(60)68-43)29-65-44-23-41(22-34(5)67-44)57(9)21-20-40(53)28-55-42(26-52)47(63-11)38-18-16-37(17-19-38)39-15-14-33(4)54-27-39/h14-19,27-28,31-32,34-36,41-44,47-48,59,61H,13,20-26,29-30,53H2,1-12H3/q-1/b40-28-,56-45+/t31-,32-,34-,35+,36-,41+,42-,43-,44-,47-,48-,50-,51-/m1/s1. The second-order valence-corrected chi connectivity index (χ2v) is 19.2. The number of nitrogens with two attached hydrogens (primary N) is 1. The van der Waals surface area contributed by atoms with Gasteiger partial charge in [0.05, 0.1) is 42.9 Å². The molecule has 0 radical (unpaired) electrons. The zero-order chi connectivity index (χ0) is 50.3. The number of aryl methyl sites for hydroxylation is 1. The Kier molecular flexibility index (Phi) is 21.8. The number of ketones is 1. The summed E-state index contributed by atoms with van der Waals surface area (Å²) in [4.78, 5) is 39.4. The average Bonchev–Trinajstić information content (AvgIpc) is 3.32. The summed E-state index contributed by atoms with van der Waals surface area (Å²) in [5.74, 6) is -4.18. The number of cyclic esters (lactones) is 1. The van der Waals surface area contributed by atoms with Crippen LogP contribution in [-0.4, -0.2) is 140 Å². The third-order valence-electron chi connectivity index (χ3n) is 13.8. The van der Waals surface area contributed by atoms with Gasteiger partial charge < -0.3 is 59.4 Å². The van der Waals surface area contributed by atoms with Gasteiger partial charge in [0.25, 0.3) is 0 Å². The van der Waals surface area contributed by atoms with Gasteiger partial charge in [0, 0.05) is 75.5 Å². The van der Waals surface area contributed by atoms with E-state index in [1.165, 1.54) is 27.2 Å². The van der Waals surface area contributed by atoms with E-state index in [0.717, 1.165) is 28.8 Å². The molecular formula is C51H79FN5O11-. The largest absolute Gasteiger partial charge is 0.682 e. The number of hydrogen-bond donors (Lipinski definition) is 3. The summed E-state index contributed by atoms with van der Waals surface area (Å²) >= 11 is 0. The predicted octanol–water partition coefficient (Wildman–Crippen LogP) is 7.19. The quantitative estimate of drug-likeness (QED) is 0.0419. The molecule has 0 spiro atoms. The number of carbonyl (C=O) groups excluding carboxylic acids is 2. The first-order valence-electron chi connectivity index (χ1n) is 23.9. The summed E-state index contributed by atoms with van der Waals surface area (Å²) in [5, 5.41) is 32.4. The van der Waals surface area contributed by atoms with Gasteiger partial charge in [-0.2, -0.15) is 6.20 Å². The Balaban J connectivity index is 1.47. The number of Topliss-reactive ketones (excluding diaryl/α,β-unsaturated/α-hetero) is 1.